The lowest BCUT2D eigenvalue weighted by molar-refractivity contribution is -0.130. The first-order valence-corrected chi connectivity index (χ1v) is 5.52. The molecule has 1 saturated heterocycles. The van der Waals surface area contributed by atoms with Crippen molar-refractivity contribution in [3.63, 3.8) is 0 Å². The van der Waals surface area contributed by atoms with Crippen LogP contribution in [0.5, 0.6) is 5.75 Å². The van der Waals surface area contributed by atoms with E-state index in [2.05, 4.69) is 10.6 Å². The number of hydrogen-bond acceptors (Lipinski definition) is 4. The van der Waals surface area contributed by atoms with Crippen LogP contribution in [0.1, 0.15) is 6.92 Å². The standard InChI is InChI=1S/C12H16N2O3/c1-12(7-13-8-12)17-6-11(16)14-9-4-2-3-5-10(9)15/h2-5,13,15H,6-8H2,1H3,(H,14,16). The number of carbonyl (C=O) groups excluding carboxylic acids is 1. The van der Waals surface area contributed by atoms with Crippen LogP contribution in [0.25, 0.3) is 0 Å². The Kier molecular flexibility index (Phi) is 3.31. The maximum Gasteiger partial charge on any atom is 0.250 e. The van der Waals surface area contributed by atoms with Gasteiger partial charge < -0.3 is 20.5 Å². The molecule has 0 aromatic heterocycles. The quantitative estimate of drug-likeness (QED) is 0.673. The fraction of sp³-hybridized carbons (Fsp3) is 0.417. The molecular formula is C12H16N2O3. The summed E-state index contributed by atoms with van der Waals surface area (Å²) in [4.78, 5) is 11.6. The third kappa shape index (κ3) is 2.95. The number of para-hydroxylation sites is 2. The topological polar surface area (TPSA) is 70.6 Å². The Morgan fingerprint density at radius 3 is 2.82 bits per heavy atom. The zero-order valence-corrected chi connectivity index (χ0v) is 9.69. The molecule has 0 aliphatic carbocycles. The van der Waals surface area contributed by atoms with E-state index in [1.807, 2.05) is 6.92 Å². The van der Waals surface area contributed by atoms with Crippen molar-refractivity contribution in [2.24, 2.45) is 0 Å². The number of hydrogen-bond donors (Lipinski definition) is 3. The van der Waals surface area contributed by atoms with Crippen molar-refractivity contribution in [3.05, 3.63) is 24.3 Å². The normalized spacial score (nSPS) is 17.2. The molecule has 0 spiro atoms. The van der Waals surface area contributed by atoms with Crippen molar-refractivity contribution in [1.82, 2.24) is 5.32 Å². The Balaban J connectivity index is 1.83. The number of phenolic OH excluding ortho intramolecular Hbond substituents is 1. The highest BCUT2D eigenvalue weighted by molar-refractivity contribution is 5.93. The molecule has 5 heteroatoms. The zero-order chi connectivity index (χ0) is 12.3. The fourth-order valence-electron chi connectivity index (χ4n) is 1.58. The van der Waals surface area contributed by atoms with Crippen LogP contribution in [0.3, 0.4) is 0 Å². The number of benzene rings is 1. The molecular weight excluding hydrogens is 220 g/mol. The minimum absolute atomic E-state index is 0.00743. The summed E-state index contributed by atoms with van der Waals surface area (Å²) >= 11 is 0. The van der Waals surface area contributed by atoms with Crippen LogP contribution in [0.2, 0.25) is 0 Å². The van der Waals surface area contributed by atoms with Crippen LogP contribution >= 0.6 is 0 Å². The van der Waals surface area contributed by atoms with Crippen molar-refractivity contribution in [2.45, 2.75) is 12.5 Å². The van der Waals surface area contributed by atoms with Gasteiger partial charge in [0.2, 0.25) is 0 Å². The first kappa shape index (κ1) is 11.9. The van der Waals surface area contributed by atoms with E-state index in [0.29, 0.717) is 5.69 Å². The Morgan fingerprint density at radius 2 is 2.24 bits per heavy atom. The van der Waals surface area contributed by atoms with Gasteiger partial charge in [-0.3, -0.25) is 4.79 Å². The van der Waals surface area contributed by atoms with Gasteiger partial charge in [0, 0.05) is 13.1 Å². The van der Waals surface area contributed by atoms with Gasteiger partial charge in [0.1, 0.15) is 12.4 Å². The van der Waals surface area contributed by atoms with E-state index >= 15 is 0 Å². The summed E-state index contributed by atoms with van der Waals surface area (Å²) in [5, 5.41) is 15.2. The van der Waals surface area contributed by atoms with Crippen molar-refractivity contribution in [1.29, 1.82) is 0 Å². The first-order valence-electron chi connectivity index (χ1n) is 5.52. The van der Waals surface area contributed by atoms with Crippen LogP contribution < -0.4 is 10.6 Å². The second kappa shape index (κ2) is 4.73. The van der Waals surface area contributed by atoms with Gasteiger partial charge in [-0.15, -0.1) is 0 Å². The molecule has 3 N–H and O–H groups in total. The van der Waals surface area contributed by atoms with Gasteiger partial charge in [0.25, 0.3) is 5.91 Å². The van der Waals surface area contributed by atoms with Crippen molar-refractivity contribution < 1.29 is 14.6 Å². The summed E-state index contributed by atoms with van der Waals surface area (Å²) < 4.78 is 5.48. The van der Waals surface area contributed by atoms with Gasteiger partial charge in [-0.1, -0.05) is 12.1 Å². The summed E-state index contributed by atoms with van der Waals surface area (Å²) in [6, 6.07) is 6.60. The average Bonchev–Trinajstić information content (AvgIpc) is 2.27. The number of phenols is 1. The minimum atomic E-state index is -0.264. The first-order chi connectivity index (χ1) is 8.09. The van der Waals surface area contributed by atoms with Gasteiger partial charge in [0.05, 0.1) is 11.3 Å². The maximum atomic E-state index is 11.6. The Bertz CT molecular complexity index is 416. The molecule has 1 aliphatic heterocycles. The highest BCUT2D eigenvalue weighted by atomic mass is 16.5. The molecule has 0 radical (unpaired) electrons. The number of rotatable bonds is 4. The summed E-state index contributed by atoms with van der Waals surface area (Å²) in [6.45, 7) is 3.47. The van der Waals surface area contributed by atoms with Crippen molar-refractivity contribution >= 4 is 11.6 Å². The predicted octanol–water partition coefficient (Wildman–Crippen LogP) is 0.709. The van der Waals surface area contributed by atoms with Crippen LogP contribution in [0.4, 0.5) is 5.69 Å². The summed E-state index contributed by atoms with van der Waals surface area (Å²) in [5.41, 5.74) is 0.161. The molecule has 0 saturated carbocycles. The molecule has 5 nitrogen and oxygen atoms in total. The number of anilines is 1. The van der Waals surface area contributed by atoms with E-state index in [1.54, 1.807) is 18.2 Å². The van der Waals surface area contributed by atoms with E-state index < -0.39 is 0 Å². The van der Waals surface area contributed by atoms with E-state index in [0.717, 1.165) is 13.1 Å². The Hall–Kier alpha value is -1.59. The smallest absolute Gasteiger partial charge is 0.250 e. The Morgan fingerprint density at radius 1 is 1.53 bits per heavy atom. The average molecular weight is 236 g/mol. The molecule has 1 aromatic carbocycles. The lowest BCUT2D eigenvalue weighted by Gasteiger charge is -2.38. The maximum absolute atomic E-state index is 11.6. The minimum Gasteiger partial charge on any atom is -0.506 e. The predicted molar refractivity (Wildman–Crippen MR) is 64.0 cm³/mol. The molecule has 1 amide bonds. The number of nitrogens with one attached hydrogen (secondary N) is 2. The van der Waals surface area contributed by atoms with Crippen LogP contribution in [-0.4, -0.2) is 36.3 Å². The zero-order valence-electron chi connectivity index (χ0n) is 9.69. The molecule has 1 heterocycles. The molecule has 17 heavy (non-hydrogen) atoms. The Labute approximate surface area is 99.8 Å². The highest BCUT2D eigenvalue weighted by Gasteiger charge is 2.33. The van der Waals surface area contributed by atoms with E-state index in [4.69, 9.17) is 4.74 Å². The van der Waals surface area contributed by atoms with Gasteiger partial charge in [-0.25, -0.2) is 0 Å². The lowest BCUT2D eigenvalue weighted by atomic mass is 10.0. The van der Waals surface area contributed by atoms with Gasteiger partial charge in [0.15, 0.2) is 0 Å². The molecule has 2 rings (SSSR count). The molecule has 0 bridgehead atoms. The summed E-state index contributed by atoms with van der Waals surface area (Å²) in [6.07, 6.45) is 0. The molecule has 0 unspecified atom stereocenters. The molecule has 1 aromatic rings. The van der Waals surface area contributed by atoms with Gasteiger partial charge in [-0.05, 0) is 19.1 Å². The molecule has 1 fully saturated rings. The monoisotopic (exact) mass is 236 g/mol. The molecule has 92 valence electrons. The van der Waals surface area contributed by atoms with E-state index in [9.17, 15) is 9.90 Å². The third-order valence-electron chi connectivity index (χ3n) is 2.73. The number of carbonyl (C=O) groups is 1. The molecule has 1 aliphatic rings. The fourth-order valence-corrected chi connectivity index (χ4v) is 1.58. The summed E-state index contributed by atoms with van der Waals surface area (Å²) in [7, 11) is 0. The second-order valence-electron chi connectivity index (χ2n) is 4.41. The van der Waals surface area contributed by atoms with Gasteiger partial charge >= 0.3 is 0 Å². The highest BCUT2D eigenvalue weighted by Crippen LogP contribution is 2.21. The van der Waals surface area contributed by atoms with Gasteiger partial charge in [-0.2, -0.15) is 0 Å². The van der Waals surface area contributed by atoms with Crippen molar-refractivity contribution in [2.75, 3.05) is 25.0 Å². The van der Waals surface area contributed by atoms with Crippen LogP contribution in [0.15, 0.2) is 24.3 Å². The SMILES string of the molecule is CC1(OCC(=O)Nc2ccccc2O)CNC1. The van der Waals surface area contributed by atoms with Crippen molar-refractivity contribution in [3.8, 4) is 5.75 Å². The van der Waals surface area contributed by atoms with E-state index in [1.165, 1.54) is 6.07 Å². The number of amides is 1. The lowest BCUT2D eigenvalue weighted by Crippen LogP contribution is -2.59. The largest absolute Gasteiger partial charge is 0.506 e. The van der Waals surface area contributed by atoms with Crippen LogP contribution in [0, 0.1) is 0 Å². The van der Waals surface area contributed by atoms with Crippen LogP contribution in [-0.2, 0) is 9.53 Å². The number of ether oxygens (including phenoxy) is 1. The summed E-state index contributed by atoms with van der Waals surface area (Å²) in [5.74, 6) is -0.211. The number of aromatic hydroxyl groups is 1. The second-order valence-corrected chi connectivity index (χ2v) is 4.41. The third-order valence-corrected chi connectivity index (χ3v) is 2.73. The van der Waals surface area contributed by atoms with E-state index in [-0.39, 0.29) is 23.9 Å². The molecule has 0 atom stereocenters.